The van der Waals surface area contributed by atoms with E-state index >= 15 is 0 Å². The maximum absolute atomic E-state index is 14.8. The number of benzene rings is 2. The minimum Gasteiger partial charge on any atom is -0.392 e. The molecule has 0 fully saturated rings. The van der Waals surface area contributed by atoms with Crippen LogP contribution < -0.4 is 0 Å². The van der Waals surface area contributed by atoms with Crippen molar-refractivity contribution in [3.8, 4) is 6.07 Å². The maximum Gasteiger partial charge on any atom is 0.188 e. The lowest BCUT2D eigenvalue weighted by Crippen LogP contribution is -2.23. The Kier molecular flexibility index (Phi) is 8.41. The van der Waals surface area contributed by atoms with Crippen molar-refractivity contribution in [2.45, 2.75) is 76.9 Å². The first-order chi connectivity index (χ1) is 15.6. The normalized spacial score (nSPS) is 12.3. The van der Waals surface area contributed by atoms with E-state index in [-0.39, 0.29) is 29.4 Å². The van der Waals surface area contributed by atoms with Crippen LogP contribution in [-0.2, 0) is 33.3 Å². The lowest BCUT2D eigenvalue weighted by atomic mass is 9.85. The van der Waals surface area contributed by atoms with Crippen LogP contribution in [0, 0.1) is 17.1 Å². The van der Waals surface area contributed by atoms with E-state index in [1.165, 1.54) is 13.8 Å². The third kappa shape index (κ3) is 6.09. The van der Waals surface area contributed by atoms with Crippen LogP contribution in [0.4, 0.5) is 4.39 Å². The van der Waals surface area contributed by atoms with Crippen molar-refractivity contribution in [1.29, 1.82) is 5.26 Å². The SMILES string of the molecule is CC(C)c1cc(C#N)cc(C(C)C)c1CC(=O)CS(=O)(=O)c1cc(CO)c(C(C)(C)O)cc1F. The second-order valence-electron chi connectivity index (χ2n) is 9.69. The van der Waals surface area contributed by atoms with Gasteiger partial charge in [0.25, 0.3) is 0 Å². The summed E-state index contributed by atoms with van der Waals surface area (Å²) in [5.41, 5.74) is 1.41. The van der Waals surface area contributed by atoms with Crippen molar-refractivity contribution in [3.63, 3.8) is 0 Å². The van der Waals surface area contributed by atoms with Gasteiger partial charge in [-0.15, -0.1) is 0 Å². The largest absolute Gasteiger partial charge is 0.392 e. The second kappa shape index (κ2) is 10.3. The minimum atomic E-state index is -4.35. The van der Waals surface area contributed by atoms with Gasteiger partial charge in [0, 0.05) is 6.42 Å². The molecule has 0 aliphatic heterocycles. The monoisotopic (exact) mass is 489 g/mol. The molecular formula is C26H32FNO5S. The molecule has 2 aromatic rings. The summed E-state index contributed by atoms with van der Waals surface area (Å²) < 4.78 is 40.7. The maximum atomic E-state index is 14.8. The molecule has 34 heavy (non-hydrogen) atoms. The number of nitrogens with zero attached hydrogens (tertiary/aromatic N) is 1. The Bertz CT molecular complexity index is 1210. The number of rotatable bonds is 9. The van der Waals surface area contributed by atoms with Gasteiger partial charge in [-0.2, -0.15) is 5.26 Å². The molecule has 0 aliphatic rings. The number of sulfone groups is 1. The molecule has 0 saturated carbocycles. The third-order valence-electron chi connectivity index (χ3n) is 5.74. The summed E-state index contributed by atoms with van der Waals surface area (Å²) in [6.45, 7) is 9.92. The van der Waals surface area contributed by atoms with Crippen LogP contribution in [0.2, 0.25) is 0 Å². The molecule has 0 saturated heterocycles. The Hall–Kier alpha value is -2.60. The van der Waals surface area contributed by atoms with Crippen LogP contribution in [0.1, 0.15) is 86.8 Å². The van der Waals surface area contributed by atoms with Gasteiger partial charge in [0.05, 0.1) is 23.8 Å². The number of carbonyl (C=O) groups excluding carboxylic acids is 1. The molecule has 0 heterocycles. The zero-order valence-electron chi connectivity index (χ0n) is 20.4. The Morgan fingerprint density at radius 2 is 1.62 bits per heavy atom. The second-order valence-corrected chi connectivity index (χ2v) is 11.6. The zero-order chi connectivity index (χ0) is 26.0. The number of carbonyl (C=O) groups is 1. The molecule has 0 radical (unpaired) electrons. The van der Waals surface area contributed by atoms with Gasteiger partial charge in [0.2, 0.25) is 0 Å². The molecule has 8 heteroatoms. The summed E-state index contributed by atoms with van der Waals surface area (Å²) in [6.07, 6.45) is -0.164. The lowest BCUT2D eigenvalue weighted by molar-refractivity contribution is -0.116. The number of halogens is 1. The van der Waals surface area contributed by atoms with Crippen molar-refractivity contribution < 1.29 is 27.8 Å². The summed E-state index contributed by atoms with van der Waals surface area (Å²) in [5, 5.41) is 29.2. The quantitative estimate of drug-likeness (QED) is 0.544. The summed E-state index contributed by atoms with van der Waals surface area (Å²) in [7, 11) is -4.35. The van der Waals surface area contributed by atoms with E-state index in [1.54, 1.807) is 12.1 Å². The smallest absolute Gasteiger partial charge is 0.188 e. The van der Waals surface area contributed by atoms with E-state index in [9.17, 15) is 33.1 Å². The first kappa shape index (κ1) is 27.6. The first-order valence-corrected chi connectivity index (χ1v) is 12.7. The number of Topliss-reactive ketones (excluding diaryl/α,β-unsaturated/α-hetero) is 1. The van der Waals surface area contributed by atoms with Crippen LogP contribution in [0.5, 0.6) is 0 Å². The molecule has 6 nitrogen and oxygen atoms in total. The van der Waals surface area contributed by atoms with E-state index in [1.807, 2.05) is 27.7 Å². The number of ketones is 1. The summed E-state index contributed by atoms with van der Waals surface area (Å²) in [6, 6.07) is 7.43. The number of aliphatic hydroxyl groups excluding tert-OH is 1. The standard InChI is InChI=1S/C26H32FNO5S/c1-15(2)20-7-17(12-28)8-21(16(3)4)22(20)10-19(30)14-34(32,33)25-9-18(13-29)23(11-24(25)27)26(5,6)31/h7-9,11,15-16,29,31H,10,13-14H2,1-6H3. The molecule has 0 bridgehead atoms. The molecule has 0 aromatic heterocycles. The van der Waals surface area contributed by atoms with Gasteiger partial charge in [-0.25, -0.2) is 12.8 Å². The van der Waals surface area contributed by atoms with Crippen LogP contribution in [0.3, 0.4) is 0 Å². The fourth-order valence-corrected chi connectivity index (χ4v) is 5.45. The van der Waals surface area contributed by atoms with Crippen molar-refractivity contribution in [2.24, 2.45) is 0 Å². The lowest BCUT2D eigenvalue weighted by Gasteiger charge is -2.22. The predicted octanol–water partition coefficient (Wildman–Crippen LogP) is 4.25. The van der Waals surface area contributed by atoms with Gasteiger partial charge in [-0.3, -0.25) is 4.79 Å². The summed E-state index contributed by atoms with van der Waals surface area (Å²) in [5.74, 6) is -2.60. The van der Waals surface area contributed by atoms with Gasteiger partial charge < -0.3 is 10.2 Å². The first-order valence-electron chi connectivity index (χ1n) is 11.1. The zero-order valence-corrected chi connectivity index (χ0v) is 21.3. The molecule has 0 atom stereocenters. The Morgan fingerprint density at radius 3 is 2.03 bits per heavy atom. The predicted molar refractivity (Wildman–Crippen MR) is 128 cm³/mol. The fourth-order valence-electron chi connectivity index (χ4n) is 4.09. The van der Waals surface area contributed by atoms with Gasteiger partial charge in [0.1, 0.15) is 16.5 Å². The average molecular weight is 490 g/mol. The van der Waals surface area contributed by atoms with Crippen LogP contribution in [0.15, 0.2) is 29.2 Å². The number of hydrogen-bond donors (Lipinski definition) is 2. The highest BCUT2D eigenvalue weighted by molar-refractivity contribution is 7.92. The van der Waals surface area contributed by atoms with Gasteiger partial charge in [-0.1, -0.05) is 27.7 Å². The molecule has 184 valence electrons. The fraction of sp³-hybridized carbons (Fsp3) is 0.462. The van der Waals surface area contributed by atoms with E-state index in [0.717, 1.165) is 23.3 Å². The van der Waals surface area contributed by atoms with Gasteiger partial charge in [-0.05, 0) is 77.8 Å². The average Bonchev–Trinajstić information content (AvgIpc) is 2.71. The molecule has 0 amide bonds. The van der Waals surface area contributed by atoms with Gasteiger partial charge in [0.15, 0.2) is 15.6 Å². The highest BCUT2D eigenvalue weighted by Gasteiger charge is 2.29. The summed E-state index contributed by atoms with van der Waals surface area (Å²) >= 11 is 0. The van der Waals surface area contributed by atoms with Crippen LogP contribution >= 0.6 is 0 Å². The van der Waals surface area contributed by atoms with E-state index in [0.29, 0.717) is 11.1 Å². The third-order valence-corrected chi connectivity index (χ3v) is 7.42. The molecule has 2 N–H and O–H groups in total. The summed E-state index contributed by atoms with van der Waals surface area (Å²) in [4.78, 5) is 12.3. The van der Waals surface area contributed by atoms with Crippen molar-refractivity contribution in [3.05, 3.63) is 63.5 Å². The van der Waals surface area contributed by atoms with Crippen LogP contribution in [0.25, 0.3) is 0 Å². The Balaban J connectivity index is 2.47. The van der Waals surface area contributed by atoms with E-state index < -0.39 is 44.3 Å². The number of hydrogen-bond acceptors (Lipinski definition) is 6. The van der Waals surface area contributed by atoms with Crippen molar-refractivity contribution in [2.75, 3.05) is 5.75 Å². The molecule has 2 aromatic carbocycles. The molecule has 2 rings (SSSR count). The molecule has 0 spiro atoms. The molecule has 0 unspecified atom stereocenters. The van der Waals surface area contributed by atoms with Crippen molar-refractivity contribution >= 4 is 15.6 Å². The van der Waals surface area contributed by atoms with Gasteiger partial charge >= 0.3 is 0 Å². The Morgan fingerprint density at radius 1 is 1.09 bits per heavy atom. The van der Waals surface area contributed by atoms with E-state index in [4.69, 9.17) is 0 Å². The Labute approximate surface area is 201 Å². The topological polar surface area (TPSA) is 115 Å². The van der Waals surface area contributed by atoms with E-state index in [2.05, 4.69) is 6.07 Å². The number of aliphatic hydroxyl groups is 2. The number of nitriles is 1. The highest BCUT2D eigenvalue weighted by Crippen LogP contribution is 2.32. The van der Waals surface area contributed by atoms with Crippen LogP contribution in [-0.4, -0.2) is 30.2 Å². The minimum absolute atomic E-state index is 0.00384. The molecule has 0 aliphatic carbocycles. The molecular weight excluding hydrogens is 457 g/mol. The highest BCUT2D eigenvalue weighted by atomic mass is 32.2. The van der Waals surface area contributed by atoms with Crippen molar-refractivity contribution in [1.82, 2.24) is 0 Å².